The molecule has 0 aliphatic rings. The highest BCUT2D eigenvalue weighted by Crippen LogP contribution is 2.17. The number of nitrogens with two attached hydrogens (primary N) is 1. The van der Waals surface area contributed by atoms with Gasteiger partial charge < -0.3 is 15.0 Å². The quantitative estimate of drug-likeness (QED) is 0.758. The van der Waals surface area contributed by atoms with Gasteiger partial charge in [-0.05, 0) is 29.7 Å². The van der Waals surface area contributed by atoms with E-state index in [9.17, 15) is 0 Å². The molecule has 0 aliphatic heterocycles. The van der Waals surface area contributed by atoms with Crippen LogP contribution in [-0.4, -0.2) is 17.3 Å². The second-order valence-corrected chi connectivity index (χ2v) is 5.37. The van der Waals surface area contributed by atoms with E-state index in [-0.39, 0.29) is 6.04 Å². The maximum Gasteiger partial charge on any atom is 0.243 e. The Labute approximate surface area is 135 Å². The monoisotopic (exact) mass is 309 g/mol. The maximum absolute atomic E-state index is 6.16. The van der Waals surface area contributed by atoms with Crippen molar-refractivity contribution in [3.8, 4) is 5.75 Å². The molecule has 0 aliphatic carbocycles. The third kappa shape index (κ3) is 3.96. The number of nitrogens with zero attached hydrogens (tertiary/aromatic N) is 2. The third-order valence-electron chi connectivity index (χ3n) is 3.60. The molecule has 5 heteroatoms. The molecule has 2 N–H and O–H groups in total. The van der Waals surface area contributed by atoms with Crippen molar-refractivity contribution in [2.45, 2.75) is 18.9 Å². The zero-order valence-electron chi connectivity index (χ0n) is 13.0. The van der Waals surface area contributed by atoms with Crippen LogP contribution in [0, 0.1) is 0 Å². The lowest BCUT2D eigenvalue weighted by molar-refractivity contribution is 0.350. The molecule has 1 heterocycles. The van der Waals surface area contributed by atoms with Crippen LogP contribution in [-0.2, 0) is 12.8 Å². The molecule has 0 unspecified atom stereocenters. The number of hydrogen-bond acceptors (Lipinski definition) is 5. The normalized spacial score (nSPS) is 12.1. The van der Waals surface area contributed by atoms with Crippen molar-refractivity contribution in [1.82, 2.24) is 10.1 Å². The smallest absolute Gasteiger partial charge is 0.243 e. The summed E-state index contributed by atoms with van der Waals surface area (Å²) in [5.41, 5.74) is 8.37. The summed E-state index contributed by atoms with van der Waals surface area (Å²) in [4.78, 5) is 4.41. The third-order valence-corrected chi connectivity index (χ3v) is 3.60. The Balaban J connectivity index is 1.67. The van der Waals surface area contributed by atoms with E-state index in [2.05, 4.69) is 10.1 Å². The van der Waals surface area contributed by atoms with Crippen LogP contribution in [0.25, 0.3) is 0 Å². The van der Waals surface area contributed by atoms with Crippen molar-refractivity contribution >= 4 is 0 Å². The predicted octanol–water partition coefficient (Wildman–Crippen LogP) is 2.91. The molecule has 5 nitrogen and oxygen atoms in total. The fourth-order valence-corrected chi connectivity index (χ4v) is 2.41. The van der Waals surface area contributed by atoms with Crippen LogP contribution in [0.4, 0.5) is 0 Å². The van der Waals surface area contributed by atoms with Gasteiger partial charge in [-0.1, -0.05) is 47.6 Å². The van der Waals surface area contributed by atoms with E-state index in [0.29, 0.717) is 24.6 Å². The topological polar surface area (TPSA) is 74.2 Å². The van der Waals surface area contributed by atoms with Crippen molar-refractivity contribution in [1.29, 1.82) is 0 Å². The summed E-state index contributed by atoms with van der Waals surface area (Å²) in [5.74, 6) is 1.90. The van der Waals surface area contributed by atoms with Gasteiger partial charge in [0.05, 0.1) is 13.2 Å². The van der Waals surface area contributed by atoms with Crippen LogP contribution in [0.2, 0.25) is 0 Å². The lowest BCUT2D eigenvalue weighted by Crippen LogP contribution is -2.13. The van der Waals surface area contributed by atoms with Gasteiger partial charge in [0.2, 0.25) is 5.89 Å². The predicted molar refractivity (Wildman–Crippen MR) is 87.2 cm³/mol. The highest BCUT2D eigenvalue weighted by Gasteiger charge is 2.15. The highest BCUT2D eigenvalue weighted by molar-refractivity contribution is 5.30. The van der Waals surface area contributed by atoms with E-state index in [1.807, 2.05) is 54.6 Å². The fourth-order valence-electron chi connectivity index (χ4n) is 2.41. The fraction of sp³-hybridized carbons (Fsp3) is 0.222. The Hall–Kier alpha value is -2.66. The molecule has 0 spiro atoms. The molecule has 0 saturated carbocycles. The lowest BCUT2D eigenvalue weighted by Gasteiger charge is -2.06. The van der Waals surface area contributed by atoms with Gasteiger partial charge in [0, 0.05) is 6.42 Å². The molecule has 3 rings (SSSR count). The van der Waals surface area contributed by atoms with Crippen molar-refractivity contribution in [2.24, 2.45) is 5.73 Å². The number of ether oxygens (including phenoxy) is 1. The number of methoxy groups -OCH3 is 1. The number of hydrogen-bond donors (Lipinski definition) is 1. The van der Waals surface area contributed by atoms with Crippen molar-refractivity contribution in [2.75, 3.05) is 7.11 Å². The van der Waals surface area contributed by atoms with Gasteiger partial charge in [0.25, 0.3) is 0 Å². The van der Waals surface area contributed by atoms with Crippen LogP contribution in [0.1, 0.15) is 28.9 Å². The van der Waals surface area contributed by atoms with Crippen molar-refractivity contribution in [3.05, 3.63) is 77.4 Å². The van der Waals surface area contributed by atoms with E-state index in [1.165, 1.54) is 0 Å². The molecular formula is C18H19N3O2. The largest absolute Gasteiger partial charge is 0.497 e. The summed E-state index contributed by atoms with van der Waals surface area (Å²) in [6.45, 7) is 0. The average Bonchev–Trinajstić information content (AvgIpc) is 3.04. The Bertz CT molecular complexity index is 756. The van der Waals surface area contributed by atoms with Crippen LogP contribution in [0.15, 0.2) is 59.1 Å². The van der Waals surface area contributed by atoms with Gasteiger partial charge in [-0.2, -0.15) is 4.98 Å². The second kappa shape index (κ2) is 7.07. The summed E-state index contributed by atoms with van der Waals surface area (Å²) in [7, 11) is 1.65. The van der Waals surface area contributed by atoms with E-state index >= 15 is 0 Å². The van der Waals surface area contributed by atoms with Gasteiger partial charge in [-0.25, -0.2) is 0 Å². The molecule has 118 valence electrons. The molecule has 1 atom stereocenters. The van der Waals surface area contributed by atoms with Crippen LogP contribution < -0.4 is 10.5 Å². The minimum atomic E-state index is -0.302. The van der Waals surface area contributed by atoms with E-state index in [1.54, 1.807) is 7.11 Å². The highest BCUT2D eigenvalue weighted by atomic mass is 16.5. The van der Waals surface area contributed by atoms with Crippen LogP contribution in [0.5, 0.6) is 5.75 Å². The standard InChI is InChI=1S/C18H19N3O2/c1-22-15-9-5-8-14(10-15)12-17-20-18(23-21-17)16(19)11-13-6-3-2-4-7-13/h2-10,16H,11-12,19H2,1H3/t16-/m1/s1. The van der Waals surface area contributed by atoms with E-state index in [0.717, 1.165) is 16.9 Å². The van der Waals surface area contributed by atoms with Gasteiger partial charge in [-0.3, -0.25) is 0 Å². The number of aromatic nitrogens is 2. The minimum Gasteiger partial charge on any atom is -0.497 e. The summed E-state index contributed by atoms with van der Waals surface area (Å²) in [6, 6.07) is 17.5. The number of rotatable bonds is 6. The summed E-state index contributed by atoms with van der Waals surface area (Å²) < 4.78 is 10.5. The molecule has 0 amide bonds. The molecule has 0 saturated heterocycles. The summed E-state index contributed by atoms with van der Waals surface area (Å²) in [5, 5.41) is 4.02. The molecule has 2 aromatic carbocycles. The summed E-state index contributed by atoms with van der Waals surface area (Å²) in [6.07, 6.45) is 1.25. The Morgan fingerprint density at radius 2 is 1.87 bits per heavy atom. The van der Waals surface area contributed by atoms with Crippen molar-refractivity contribution in [3.63, 3.8) is 0 Å². The summed E-state index contributed by atoms with van der Waals surface area (Å²) >= 11 is 0. The SMILES string of the molecule is COc1cccc(Cc2noc([C@H](N)Cc3ccccc3)n2)c1. The molecule has 0 radical (unpaired) electrons. The number of benzene rings is 2. The Morgan fingerprint density at radius 3 is 2.65 bits per heavy atom. The average molecular weight is 309 g/mol. The molecular weight excluding hydrogens is 290 g/mol. The minimum absolute atomic E-state index is 0.302. The van der Waals surface area contributed by atoms with Crippen molar-refractivity contribution < 1.29 is 9.26 Å². The molecule has 0 fully saturated rings. The van der Waals surface area contributed by atoms with Gasteiger partial charge in [0.1, 0.15) is 5.75 Å². The van der Waals surface area contributed by atoms with Gasteiger partial charge in [-0.15, -0.1) is 0 Å². The molecule has 3 aromatic rings. The van der Waals surface area contributed by atoms with E-state index in [4.69, 9.17) is 15.0 Å². The Morgan fingerprint density at radius 1 is 1.09 bits per heavy atom. The first-order valence-electron chi connectivity index (χ1n) is 7.49. The molecule has 1 aromatic heterocycles. The Kier molecular flexibility index (Phi) is 4.68. The van der Waals surface area contributed by atoms with Gasteiger partial charge in [0.15, 0.2) is 5.82 Å². The van der Waals surface area contributed by atoms with Crippen LogP contribution in [0.3, 0.4) is 0 Å². The first-order valence-corrected chi connectivity index (χ1v) is 7.49. The van der Waals surface area contributed by atoms with E-state index < -0.39 is 0 Å². The first-order chi connectivity index (χ1) is 11.2. The first kappa shape index (κ1) is 15.2. The lowest BCUT2D eigenvalue weighted by atomic mass is 10.1. The zero-order chi connectivity index (χ0) is 16.1. The van der Waals surface area contributed by atoms with Gasteiger partial charge >= 0.3 is 0 Å². The second-order valence-electron chi connectivity index (χ2n) is 5.37. The van der Waals surface area contributed by atoms with Crippen LogP contribution >= 0.6 is 0 Å². The molecule has 0 bridgehead atoms. The maximum atomic E-state index is 6.16. The zero-order valence-corrected chi connectivity index (χ0v) is 13.0. The molecule has 23 heavy (non-hydrogen) atoms.